The molecule has 0 N–H and O–H groups in total. The first-order chi connectivity index (χ1) is 11.5. The van der Waals surface area contributed by atoms with Crippen molar-refractivity contribution in [3.63, 3.8) is 0 Å². The maximum atomic E-state index is 12.8. The molecule has 2 heterocycles. The van der Waals surface area contributed by atoms with Gasteiger partial charge >= 0.3 is 0 Å². The van der Waals surface area contributed by atoms with E-state index in [1.807, 2.05) is 29.2 Å². The molecule has 1 aromatic heterocycles. The van der Waals surface area contributed by atoms with E-state index >= 15 is 0 Å². The first kappa shape index (κ1) is 16.5. The van der Waals surface area contributed by atoms with Crippen LogP contribution >= 0.6 is 0 Å². The quantitative estimate of drug-likeness (QED) is 0.814. The highest BCUT2D eigenvalue weighted by molar-refractivity contribution is 5.95. The molecule has 0 radical (unpaired) electrons. The molecule has 5 heteroatoms. The zero-order valence-corrected chi connectivity index (χ0v) is 14.1. The van der Waals surface area contributed by atoms with Crippen molar-refractivity contribution in [2.45, 2.75) is 13.3 Å². The molecule has 1 saturated heterocycles. The average Bonchev–Trinajstić information content (AvgIpc) is 2.98. The molecule has 1 aromatic carbocycles. The van der Waals surface area contributed by atoms with Crippen LogP contribution in [-0.4, -0.2) is 54.7 Å². The SMILES string of the molecule is CC(=O)c1ccc(-c2cccc(C(=O)N3CCCN(C)CC3)c2)o1. The lowest BCUT2D eigenvalue weighted by molar-refractivity contribution is 0.0762. The maximum Gasteiger partial charge on any atom is 0.253 e. The maximum absolute atomic E-state index is 12.8. The van der Waals surface area contributed by atoms with E-state index in [1.54, 1.807) is 12.1 Å². The molecule has 0 saturated carbocycles. The van der Waals surface area contributed by atoms with Gasteiger partial charge in [0.25, 0.3) is 5.91 Å². The van der Waals surface area contributed by atoms with Crippen LogP contribution in [0.25, 0.3) is 11.3 Å². The van der Waals surface area contributed by atoms with Crippen molar-refractivity contribution in [2.75, 3.05) is 33.2 Å². The van der Waals surface area contributed by atoms with Crippen molar-refractivity contribution in [3.8, 4) is 11.3 Å². The second-order valence-corrected chi connectivity index (χ2v) is 6.25. The summed E-state index contributed by atoms with van der Waals surface area (Å²) in [5, 5.41) is 0. The first-order valence-corrected chi connectivity index (χ1v) is 8.23. The van der Waals surface area contributed by atoms with Gasteiger partial charge in [-0.15, -0.1) is 0 Å². The molecule has 0 aliphatic carbocycles. The van der Waals surface area contributed by atoms with Crippen LogP contribution in [0.5, 0.6) is 0 Å². The summed E-state index contributed by atoms with van der Waals surface area (Å²) in [5.41, 5.74) is 1.46. The molecule has 1 fully saturated rings. The van der Waals surface area contributed by atoms with Gasteiger partial charge in [-0.1, -0.05) is 12.1 Å². The summed E-state index contributed by atoms with van der Waals surface area (Å²) in [7, 11) is 2.08. The van der Waals surface area contributed by atoms with Crippen LogP contribution in [0.2, 0.25) is 0 Å². The number of carbonyl (C=O) groups is 2. The molecular formula is C19H22N2O3. The first-order valence-electron chi connectivity index (χ1n) is 8.23. The normalized spacial score (nSPS) is 16.0. The third kappa shape index (κ3) is 3.57. The minimum atomic E-state index is -0.109. The van der Waals surface area contributed by atoms with Crippen LogP contribution in [0.1, 0.15) is 34.3 Å². The van der Waals surface area contributed by atoms with Crippen molar-refractivity contribution in [3.05, 3.63) is 47.7 Å². The average molecular weight is 326 g/mol. The molecule has 126 valence electrons. The highest BCUT2D eigenvalue weighted by atomic mass is 16.3. The van der Waals surface area contributed by atoms with E-state index < -0.39 is 0 Å². The Morgan fingerprint density at radius 3 is 2.62 bits per heavy atom. The predicted octanol–water partition coefficient (Wildman–Crippen LogP) is 2.93. The minimum Gasteiger partial charge on any atom is -0.453 e. The molecule has 5 nitrogen and oxygen atoms in total. The van der Waals surface area contributed by atoms with Gasteiger partial charge in [0.2, 0.25) is 0 Å². The molecule has 2 aromatic rings. The largest absolute Gasteiger partial charge is 0.453 e. The zero-order valence-electron chi connectivity index (χ0n) is 14.1. The number of nitrogens with zero attached hydrogens (tertiary/aromatic N) is 2. The lowest BCUT2D eigenvalue weighted by Crippen LogP contribution is -2.34. The fourth-order valence-corrected chi connectivity index (χ4v) is 2.92. The lowest BCUT2D eigenvalue weighted by Gasteiger charge is -2.20. The smallest absolute Gasteiger partial charge is 0.253 e. The number of likely N-dealkylation sites (N-methyl/N-ethyl adjacent to an activating group) is 1. The van der Waals surface area contributed by atoms with Gasteiger partial charge in [0, 0.05) is 37.7 Å². The van der Waals surface area contributed by atoms with Crippen LogP contribution in [0, 0.1) is 0 Å². The Morgan fingerprint density at radius 2 is 1.88 bits per heavy atom. The molecule has 0 atom stereocenters. The fourth-order valence-electron chi connectivity index (χ4n) is 2.92. The molecule has 1 aliphatic heterocycles. The molecule has 0 spiro atoms. The summed E-state index contributed by atoms with van der Waals surface area (Å²) in [5.74, 6) is 0.871. The molecule has 0 unspecified atom stereocenters. The van der Waals surface area contributed by atoms with Crippen LogP contribution in [0.15, 0.2) is 40.8 Å². The number of Topliss-reactive ketones (excluding diaryl/α,β-unsaturated/α-hetero) is 1. The summed E-state index contributed by atoms with van der Waals surface area (Å²) in [4.78, 5) is 28.3. The standard InChI is InChI=1S/C19H22N2O3/c1-14(22)17-7-8-18(24-17)15-5-3-6-16(13-15)19(23)21-10-4-9-20(2)11-12-21/h3,5-8,13H,4,9-12H2,1-2H3. The van der Waals surface area contributed by atoms with Crippen molar-refractivity contribution in [1.82, 2.24) is 9.80 Å². The topological polar surface area (TPSA) is 53.8 Å². The highest BCUT2D eigenvalue weighted by Gasteiger charge is 2.19. The molecule has 3 rings (SSSR count). The Bertz CT molecular complexity index is 751. The third-order valence-corrected chi connectivity index (χ3v) is 4.35. The molecule has 24 heavy (non-hydrogen) atoms. The highest BCUT2D eigenvalue weighted by Crippen LogP contribution is 2.24. The Morgan fingerprint density at radius 1 is 1.04 bits per heavy atom. The third-order valence-electron chi connectivity index (χ3n) is 4.35. The number of benzene rings is 1. The molecular weight excluding hydrogens is 304 g/mol. The monoisotopic (exact) mass is 326 g/mol. The van der Waals surface area contributed by atoms with E-state index in [9.17, 15) is 9.59 Å². The summed E-state index contributed by atoms with van der Waals surface area (Å²) < 4.78 is 5.56. The summed E-state index contributed by atoms with van der Waals surface area (Å²) >= 11 is 0. The van der Waals surface area contributed by atoms with Gasteiger partial charge in [-0.05, 0) is 44.3 Å². The number of ketones is 1. The number of hydrogen-bond acceptors (Lipinski definition) is 4. The molecule has 1 aliphatic rings. The number of furan rings is 1. The van der Waals surface area contributed by atoms with Crippen LogP contribution in [0.4, 0.5) is 0 Å². The number of rotatable bonds is 3. The van der Waals surface area contributed by atoms with Crippen molar-refractivity contribution in [1.29, 1.82) is 0 Å². The van der Waals surface area contributed by atoms with Gasteiger partial charge in [-0.2, -0.15) is 0 Å². The molecule has 0 bridgehead atoms. The summed E-state index contributed by atoms with van der Waals surface area (Å²) in [6, 6.07) is 10.8. The van der Waals surface area contributed by atoms with Gasteiger partial charge in [-0.25, -0.2) is 0 Å². The Hall–Kier alpha value is -2.40. The summed E-state index contributed by atoms with van der Waals surface area (Å²) in [6.07, 6.45) is 0.988. The number of carbonyl (C=O) groups excluding carboxylic acids is 2. The van der Waals surface area contributed by atoms with E-state index in [0.29, 0.717) is 17.1 Å². The predicted molar refractivity (Wildman–Crippen MR) is 92.2 cm³/mol. The van der Waals surface area contributed by atoms with Crippen molar-refractivity contribution < 1.29 is 14.0 Å². The van der Waals surface area contributed by atoms with Crippen LogP contribution < -0.4 is 0 Å². The zero-order chi connectivity index (χ0) is 17.1. The van der Waals surface area contributed by atoms with E-state index in [1.165, 1.54) is 6.92 Å². The van der Waals surface area contributed by atoms with Crippen molar-refractivity contribution >= 4 is 11.7 Å². The van der Waals surface area contributed by atoms with E-state index in [-0.39, 0.29) is 11.7 Å². The Labute approximate surface area is 141 Å². The van der Waals surface area contributed by atoms with Crippen LogP contribution in [0.3, 0.4) is 0 Å². The number of hydrogen-bond donors (Lipinski definition) is 0. The second kappa shape index (κ2) is 7.01. The second-order valence-electron chi connectivity index (χ2n) is 6.25. The van der Waals surface area contributed by atoms with E-state index in [4.69, 9.17) is 4.42 Å². The van der Waals surface area contributed by atoms with Gasteiger partial charge in [0.15, 0.2) is 11.5 Å². The van der Waals surface area contributed by atoms with E-state index in [2.05, 4.69) is 11.9 Å². The van der Waals surface area contributed by atoms with Gasteiger partial charge < -0.3 is 14.2 Å². The molecule has 1 amide bonds. The lowest BCUT2D eigenvalue weighted by atomic mass is 10.1. The Balaban J connectivity index is 1.81. The Kier molecular flexibility index (Phi) is 4.81. The number of amides is 1. The van der Waals surface area contributed by atoms with E-state index in [0.717, 1.165) is 38.2 Å². The fraction of sp³-hybridized carbons (Fsp3) is 0.368. The van der Waals surface area contributed by atoms with Crippen LogP contribution in [-0.2, 0) is 0 Å². The minimum absolute atomic E-state index is 0.0468. The van der Waals surface area contributed by atoms with Gasteiger partial charge in [-0.3, -0.25) is 9.59 Å². The van der Waals surface area contributed by atoms with Crippen molar-refractivity contribution in [2.24, 2.45) is 0 Å². The van der Waals surface area contributed by atoms with Gasteiger partial charge in [0.05, 0.1) is 0 Å². The summed E-state index contributed by atoms with van der Waals surface area (Å²) in [6.45, 7) is 4.91. The van der Waals surface area contributed by atoms with Gasteiger partial charge in [0.1, 0.15) is 5.76 Å².